The average Bonchev–Trinajstić information content (AvgIpc) is 3.31. The highest BCUT2D eigenvalue weighted by Crippen LogP contribution is 2.23. The first-order chi connectivity index (χ1) is 21.7. The molecule has 1 aliphatic heterocycles. The van der Waals surface area contributed by atoms with Gasteiger partial charge in [0.15, 0.2) is 0 Å². The van der Waals surface area contributed by atoms with Gasteiger partial charge in [0, 0.05) is 68.2 Å². The minimum absolute atomic E-state index is 0.00310. The van der Waals surface area contributed by atoms with E-state index < -0.39 is 6.04 Å². The Morgan fingerprint density at radius 2 is 1.62 bits per heavy atom. The minimum Gasteiger partial charge on any atom is -0.341 e. The molecule has 0 spiro atoms. The summed E-state index contributed by atoms with van der Waals surface area (Å²) in [6, 6.07) is 23.7. The van der Waals surface area contributed by atoms with Crippen LogP contribution >= 0.6 is 0 Å². The molecule has 2 aromatic carbocycles. The summed E-state index contributed by atoms with van der Waals surface area (Å²) in [7, 11) is 6.09. The molecule has 4 aromatic rings. The molecule has 1 atom stereocenters. The van der Waals surface area contributed by atoms with Crippen LogP contribution in [-0.2, 0) is 29.6 Å². The summed E-state index contributed by atoms with van der Waals surface area (Å²) >= 11 is 0. The zero-order chi connectivity index (χ0) is 31.9. The van der Waals surface area contributed by atoms with Gasteiger partial charge in [-0.1, -0.05) is 60.7 Å². The molecular formula is C37H44N6O2. The molecule has 1 aliphatic rings. The molecule has 8 nitrogen and oxygen atoms in total. The normalized spacial score (nSPS) is 14.7. The van der Waals surface area contributed by atoms with Gasteiger partial charge in [-0.15, -0.1) is 0 Å². The van der Waals surface area contributed by atoms with E-state index in [-0.39, 0.29) is 11.8 Å². The molecule has 5 rings (SSSR count). The SMILES string of the molecule is Cc1nn(C)c(C)c1C=CC(=O)N(Cc1ccc(-c2ccccn2)cc1)[C@@H](Cc1ccccc1)C(=O)N1CCC(N(C)C)CC1. The monoisotopic (exact) mass is 604 g/mol. The largest absolute Gasteiger partial charge is 0.341 e. The van der Waals surface area contributed by atoms with Crippen LogP contribution in [0.15, 0.2) is 85.1 Å². The summed E-state index contributed by atoms with van der Waals surface area (Å²) in [6.07, 6.45) is 7.48. The van der Waals surface area contributed by atoms with Gasteiger partial charge in [0.25, 0.3) is 0 Å². The van der Waals surface area contributed by atoms with E-state index in [1.54, 1.807) is 17.2 Å². The summed E-state index contributed by atoms with van der Waals surface area (Å²) in [5.74, 6) is -0.208. The Balaban J connectivity index is 1.49. The molecule has 234 valence electrons. The maximum absolute atomic E-state index is 14.4. The second kappa shape index (κ2) is 14.5. The van der Waals surface area contributed by atoms with Crippen LogP contribution in [0.3, 0.4) is 0 Å². The quantitative estimate of drug-likeness (QED) is 0.230. The van der Waals surface area contributed by atoms with Crippen molar-refractivity contribution in [3.8, 4) is 11.3 Å². The summed E-state index contributed by atoms with van der Waals surface area (Å²) in [4.78, 5) is 39.0. The standard InChI is InChI=1S/C37H44N6O2/c1-27-33(28(2)41(5)39-27)18-19-36(44)43(26-30-14-16-31(17-15-30)34-13-9-10-22-38-34)35(25-29-11-7-6-8-12-29)37(45)42-23-20-32(21-24-42)40(3)4/h6-19,22,32,35H,20-21,23-26H2,1-5H3/t35-/m0/s1. The Bertz CT molecular complexity index is 1600. The molecule has 0 bridgehead atoms. The maximum Gasteiger partial charge on any atom is 0.247 e. The second-order valence-electron chi connectivity index (χ2n) is 12.1. The number of piperidine rings is 1. The Kier molecular flexibility index (Phi) is 10.2. The third-order valence-electron chi connectivity index (χ3n) is 8.95. The Hall–Kier alpha value is -4.56. The van der Waals surface area contributed by atoms with Crippen molar-refractivity contribution in [2.24, 2.45) is 7.05 Å². The van der Waals surface area contributed by atoms with E-state index in [4.69, 9.17) is 0 Å². The molecule has 2 amide bonds. The summed E-state index contributed by atoms with van der Waals surface area (Å²) < 4.78 is 1.82. The van der Waals surface area contributed by atoms with Crippen LogP contribution in [-0.4, -0.2) is 80.5 Å². The van der Waals surface area contributed by atoms with Gasteiger partial charge < -0.3 is 14.7 Å². The van der Waals surface area contributed by atoms with Gasteiger partial charge in [-0.2, -0.15) is 5.10 Å². The lowest BCUT2D eigenvalue weighted by Gasteiger charge is -2.39. The van der Waals surface area contributed by atoms with Crippen molar-refractivity contribution in [1.82, 2.24) is 29.5 Å². The molecule has 45 heavy (non-hydrogen) atoms. The van der Waals surface area contributed by atoms with E-state index in [0.29, 0.717) is 32.1 Å². The number of carbonyl (C=O) groups excluding carboxylic acids is 2. The predicted octanol–water partition coefficient (Wildman–Crippen LogP) is 5.30. The molecule has 8 heteroatoms. The lowest BCUT2D eigenvalue weighted by Crippen LogP contribution is -2.54. The highest BCUT2D eigenvalue weighted by Gasteiger charge is 2.34. The van der Waals surface area contributed by atoms with Crippen LogP contribution in [0, 0.1) is 13.8 Å². The van der Waals surface area contributed by atoms with E-state index in [9.17, 15) is 9.59 Å². The van der Waals surface area contributed by atoms with Crippen LogP contribution in [0.4, 0.5) is 0 Å². The Morgan fingerprint density at radius 1 is 0.933 bits per heavy atom. The maximum atomic E-state index is 14.4. The van der Waals surface area contributed by atoms with Gasteiger partial charge in [-0.3, -0.25) is 19.3 Å². The topological polar surface area (TPSA) is 74.6 Å². The molecule has 1 saturated heterocycles. The number of aryl methyl sites for hydroxylation is 2. The molecule has 1 fully saturated rings. The van der Waals surface area contributed by atoms with Crippen LogP contribution in [0.1, 0.15) is 40.9 Å². The van der Waals surface area contributed by atoms with E-state index in [2.05, 4.69) is 29.1 Å². The highest BCUT2D eigenvalue weighted by molar-refractivity contribution is 5.96. The second-order valence-corrected chi connectivity index (χ2v) is 12.1. The van der Waals surface area contributed by atoms with Crippen molar-refractivity contribution in [3.05, 3.63) is 113 Å². The fraction of sp³-hybridized carbons (Fsp3) is 0.351. The number of benzene rings is 2. The van der Waals surface area contributed by atoms with Gasteiger partial charge in [-0.25, -0.2) is 0 Å². The van der Waals surface area contributed by atoms with E-state index in [0.717, 1.165) is 52.2 Å². The van der Waals surface area contributed by atoms with Gasteiger partial charge in [0.05, 0.1) is 11.4 Å². The lowest BCUT2D eigenvalue weighted by atomic mass is 9.98. The molecule has 0 N–H and O–H groups in total. The third kappa shape index (κ3) is 7.75. The van der Waals surface area contributed by atoms with Gasteiger partial charge in [0.2, 0.25) is 11.8 Å². The van der Waals surface area contributed by atoms with Crippen molar-refractivity contribution < 1.29 is 9.59 Å². The Labute approximate surface area is 267 Å². The molecule has 0 unspecified atom stereocenters. The first-order valence-electron chi connectivity index (χ1n) is 15.7. The van der Waals surface area contributed by atoms with Crippen molar-refractivity contribution in [1.29, 1.82) is 0 Å². The fourth-order valence-corrected chi connectivity index (χ4v) is 6.12. The molecule has 0 saturated carbocycles. The summed E-state index contributed by atoms with van der Waals surface area (Å²) in [5.41, 5.74) is 6.61. The molecule has 3 heterocycles. The van der Waals surface area contributed by atoms with Gasteiger partial charge >= 0.3 is 0 Å². The molecule has 0 radical (unpaired) electrons. The number of likely N-dealkylation sites (tertiary alicyclic amines) is 1. The van der Waals surface area contributed by atoms with Gasteiger partial charge in [0.1, 0.15) is 6.04 Å². The van der Waals surface area contributed by atoms with E-state index in [1.807, 2.05) is 109 Å². The fourth-order valence-electron chi connectivity index (χ4n) is 6.12. The number of aromatic nitrogens is 3. The number of hydrogen-bond acceptors (Lipinski definition) is 5. The molecular weight excluding hydrogens is 560 g/mol. The smallest absolute Gasteiger partial charge is 0.247 e. The lowest BCUT2D eigenvalue weighted by molar-refractivity contribution is -0.145. The minimum atomic E-state index is -0.660. The van der Waals surface area contributed by atoms with E-state index in [1.165, 1.54) is 0 Å². The third-order valence-corrected chi connectivity index (χ3v) is 8.95. The van der Waals surface area contributed by atoms with E-state index >= 15 is 0 Å². The number of carbonyl (C=O) groups is 2. The number of nitrogens with zero attached hydrogens (tertiary/aromatic N) is 6. The average molecular weight is 605 g/mol. The number of pyridine rings is 1. The highest BCUT2D eigenvalue weighted by atomic mass is 16.2. The van der Waals surface area contributed by atoms with Crippen LogP contribution in [0.2, 0.25) is 0 Å². The van der Waals surface area contributed by atoms with Crippen LogP contribution < -0.4 is 0 Å². The predicted molar refractivity (Wildman–Crippen MR) is 179 cm³/mol. The van der Waals surface area contributed by atoms with Crippen molar-refractivity contribution in [2.75, 3.05) is 27.2 Å². The Morgan fingerprint density at radius 3 is 2.22 bits per heavy atom. The van der Waals surface area contributed by atoms with Gasteiger partial charge in [-0.05, 0) is 70.1 Å². The number of hydrogen-bond donors (Lipinski definition) is 0. The molecule has 2 aromatic heterocycles. The van der Waals surface area contributed by atoms with Crippen LogP contribution in [0.5, 0.6) is 0 Å². The zero-order valence-electron chi connectivity index (χ0n) is 27.1. The zero-order valence-corrected chi connectivity index (χ0v) is 27.1. The first kappa shape index (κ1) is 31.9. The van der Waals surface area contributed by atoms with Crippen molar-refractivity contribution in [3.63, 3.8) is 0 Å². The summed E-state index contributed by atoms with van der Waals surface area (Å²) in [6.45, 7) is 5.59. The first-order valence-corrected chi connectivity index (χ1v) is 15.7. The van der Waals surface area contributed by atoms with Crippen LogP contribution in [0.25, 0.3) is 17.3 Å². The summed E-state index contributed by atoms with van der Waals surface area (Å²) in [5, 5.41) is 4.50. The van der Waals surface area contributed by atoms with Crippen molar-refractivity contribution in [2.45, 2.75) is 51.7 Å². The number of amides is 2. The molecule has 0 aliphatic carbocycles. The van der Waals surface area contributed by atoms with Crippen molar-refractivity contribution >= 4 is 17.9 Å². The number of rotatable bonds is 10.